The van der Waals surface area contributed by atoms with Gasteiger partial charge in [-0.05, 0) is 159 Å². The van der Waals surface area contributed by atoms with Crippen LogP contribution in [0.3, 0.4) is 0 Å². The molecule has 358 valence electrons. The predicted octanol–water partition coefficient (Wildman–Crippen LogP) is 12.3. The van der Waals surface area contributed by atoms with Gasteiger partial charge in [0.25, 0.3) is 0 Å². The smallest absolute Gasteiger partial charge is 0.165 e. The number of nitrogens with one attached hydrogen (secondary N) is 2. The van der Waals surface area contributed by atoms with Crippen LogP contribution in [0.4, 0.5) is 0 Å². The second kappa shape index (κ2) is 18.2. The zero-order valence-corrected chi connectivity index (χ0v) is 42.9. The largest absolute Gasteiger partial charge is 0.486 e. The van der Waals surface area contributed by atoms with Crippen LogP contribution in [-0.2, 0) is 28.4 Å². The number of aryl methyl sites for hydroxylation is 1. The summed E-state index contributed by atoms with van der Waals surface area (Å²) in [7, 11) is 1.92. The Morgan fingerprint density at radius 1 is 0.812 bits per heavy atom. The fourth-order valence-corrected chi connectivity index (χ4v) is 14.6. The van der Waals surface area contributed by atoms with E-state index < -0.39 is 0 Å². The predicted molar refractivity (Wildman–Crippen MR) is 262 cm³/mol. The van der Waals surface area contributed by atoms with Crippen molar-refractivity contribution in [3.63, 3.8) is 0 Å². The molecule has 2 aliphatic heterocycles. The maximum Gasteiger partial charge on any atom is 0.165 e. The molecule has 2 heterocycles. The van der Waals surface area contributed by atoms with E-state index >= 15 is 0 Å². The number of ether oxygens (including phenoxy) is 5. The first-order valence-corrected chi connectivity index (χ1v) is 26.3. The van der Waals surface area contributed by atoms with E-state index in [4.69, 9.17) is 23.7 Å². The summed E-state index contributed by atoms with van der Waals surface area (Å²) in [5, 5.41) is 8.09. The van der Waals surface area contributed by atoms with Crippen LogP contribution in [0, 0.1) is 51.8 Å². The number of methoxy groups -OCH3 is 1. The highest BCUT2D eigenvalue weighted by atomic mass is 16.6. The Bertz CT molecular complexity index is 1950. The van der Waals surface area contributed by atoms with Gasteiger partial charge in [-0.3, -0.25) is 0 Å². The molecular formula is C57H90N2O5. The summed E-state index contributed by atoms with van der Waals surface area (Å²) in [5.41, 5.74) is 6.01. The topological polar surface area (TPSA) is 70.2 Å². The molecular weight excluding hydrogens is 793 g/mol. The van der Waals surface area contributed by atoms with Gasteiger partial charge in [-0.1, -0.05) is 109 Å². The Morgan fingerprint density at radius 3 is 2.08 bits per heavy atom. The highest BCUT2D eigenvalue weighted by Crippen LogP contribution is 2.66. The summed E-state index contributed by atoms with van der Waals surface area (Å²) < 4.78 is 34.9. The average molecular weight is 883 g/mol. The maximum absolute atomic E-state index is 7.36. The lowest BCUT2D eigenvalue weighted by atomic mass is 9.49. The fraction of sp³-hybridized carbons (Fsp3) is 0.789. The molecule has 2 N–H and O–H groups in total. The SMILES string of the molecule is CCCCNCC1C[C@](C)([C@@H](C)C(C)(C)C)C[C@@H]2Oc3c(OCCOc4ccc5c6c4O[C@H]4C(OC)[C@@H]([C@@H](C)C(C)(C)C)CC([C@H](NCC7CC7)C5)[C@@]64CC)ccc(CC)c3[C@]12CC. The molecule has 6 aliphatic rings. The zero-order valence-electron chi connectivity index (χ0n) is 42.9. The van der Waals surface area contributed by atoms with Crippen LogP contribution in [-0.4, -0.2) is 64.3 Å². The van der Waals surface area contributed by atoms with E-state index in [1.807, 2.05) is 7.11 Å². The van der Waals surface area contributed by atoms with Crippen LogP contribution >= 0.6 is 0 Å². The van der Waals surface area contributed by atoms with Crippen molar-refractivity contribution >= 4 is 0 Å². The molecule has 4 aliphatic carbocycles. The standard InChI is InChI=1S/C57H90N2O5/c1-15-19-26-58-34-40-31-55(13,36(6)54(10,11)12)32-46-56(40,17-3)47-38(16-2)22-24-44(50(47)63-46)61-27-28-62-45-25-23-39-29-43(59-33-37-20-21-37)42-30-41(35(5)53(7,8)9)49(60-14)52-57(42,18-4)48(39)51(45)64-52/h22-25,35-37,40-43,46,49,52,58-59H,15-21,26-34H2,1-14H3/t35-,36+,40?,41-,42?,43-,46+,49?,52+,55+,56-,57+/m1/s1. The molecule has 7 nitrogen and oxygen atoms in total. The van der Waals surface area contributed by atoms with Crippen molar-refractivity contribution < 1.29 is 23.7 Å². The Kier molecular flexibility index (Phi) is 13.7. The average Bonchev–Trinajstić information content (AvgIpc) is 3.94. The number of rotatable bonds is 19. The van der Waals surface area contributed by atoms with Crippen molar-refractivity contribution in [2.45, 2.75) is 196 Å². The molecule has 7 heteroatoms. The summed E-state index contributed by atoms with van der Waals surface area (Å²) in [6.07, 6.45) is 12.7. The highest BCUT2D eigenvalue weighted by molar-refractivity contribution is 5.61. The van der Waals surface area contributed by atoms with Gasteiger partial charge >= 0.3 is 0 Å². The number of fused-ring (bicyclic) bond motifs is 3. The van der Waals surface area contributed by atoms with Gasteiger partial charge in [-0.2, -0.15) is 0 Å². The Hall–Kier alpha value is -2.48. The van der Waals surface area contributed by atoms with Crippen LogP contribution < -0.4 is 29.6 Å². The molecule has 3 fully saturated rings. The van der Waals surface area contributed by atoms with E-state index in [0.29, 0.717) is 48.8 Å². The number of benzene rings is 2. The van der Waals surface area contributed by atoms with Gasteiger partial charge in [0.2, 0.25) is 0 Å². The summed E-state index contributed by atoms with van der Waals surface area (Å²) in [6, 6.07) is 9.47. The second-order valence-corrected chi connectivity index (χ2v) is 24.3. The van der Waals surface area contributed by atoms with E-state index in [1.165, 1.54) is 54.4 Å². The van der Waals surface area contributed by atoms with Gasteiger partial charge < -0.3 is 34.3 Å². The molecule has 3 unspecified atom stereocenters. The normalized spacial score (nSPS) is 33.7. The van der Waals surface area contributed by atoms with E-state index in [2.05, 4.69) is 125 Å². The minimum absolute atomic E-state index is 0.00796. The van der Waals surface area contributed by atoms with Crippen LogP contribution in [0.1, 0.15) is 170 Å². The monoisotopic (exact) mass is 883 g/mol. The number of hydrogen-bond donors (Lipinski definition) is 2. The van der Waals surface area contributed by atoms with Crippen molar-refractivity contribution in [1.29, 1.82) is 0 Å². The minimum atomic E-state index is -0.121. The molecule has 12 atom stereocenters. The van der Waals surface area contributed by atoms with Crippen molar-refractivity contribution in [3.8, 4) is 23.0 Å². The molecule has 0 radical (unpaired) electrons. The lowest BCUT2D eigenvalue weighted by Crippen LogP contribution is -2.65. The first kappa shape index (κ1) is 48.0. The van der Waals surface area contributed by atoms with Crippen molar-refractivity contribution in [2.24, 2.45) is 51.8 Å². The molecule has 2 aromatic carbocycles. The van der Waals surface area contributed by atoms with E-state index in [-0.39, 0.29) is 45.4 Å². The van der Waals surface area contributed by atoms with E-state index in [1.54, 1.807) is 0 Å². The van der Waals surface area contributed by atoms with Gasteiger partial charge in [0.05, 0.1) is 6.10 Å². The quantitative estimate of drug-likeness (QED) is 0.136. The molecule has 0 bridgehead atoms. The first-order chi connectivity index (χ1) is 30.4. The Balaban J connectivity index is 1.06. The molecule has 0 aromatic heterocycles. The van der Waals surface area contributed by atoms with Crippen molar-refractivity contribution in [1.82, 2.24) is 10.6 Å². The summed E-state index contributed by atoms with van der Waals surface area (Å²) in [6.45, 7) is 35.4. The molecule has 8 rings (SSSR count). The number of hydrogen-bond acceptors (Lipinski definition) is 7. The van der Waals surface area contributed by atoms with Gasteiger partial charge in [0.1, 0.15) is 25.4 Å². The van der Waals surface area contributed by atoms with Gasteiger partial charge in [-0.25, -0.2) is 0 Å². The molecule has 0 spiro atoms. The van der Waals surface area contributed by atoms with E-state index in [0.717, 1.165) is 87.1 Å². The summed E-state index contributed by atoms with van der Waals surface area (Å²) in [5.74, 6) is 6.85. The third-order valence-electron chi connectivity index (χ3n) is 19.1. The molecule has 3 saturated carbocycles. The molecule has 0 amide bonds. The van der Waals surface area contributed by atoms with Crippen LogP contribution in [0.25, 0.3) is 0 Å². The van der Waals surface area contributed by atoms with Crippen molar-refractivity contribution in [2.75, 3.05) is 40.0 Å². The molecule has 2 aromatic rings. The minimum Gasteiger partial charge on any atom is -0.486 e. The summed E-state index contributed by atoms with van der Waals surface area (Å²) in [4.78, 5) is 0. The second-order valence-electron chi connectivity index (χ2n) is 24.3. The van der Waals surface area contributed by atoms with Gasteiger partial charge in [0.15, 0.2) is 23.0 Å². The van der Waals surface area contributed by atoms with Gasteiger partial charge in [-0.15, -0.1) is 0 Å². The maximum atomic E-state index is 7.36. The third-order valence-corrected chi connectivity index (χ3v) is 19.1. The third kappa shape index (κ3) is 8.11. The van der Waals surface area contributed by atoms with Crippen LogP contribution in [0.5, 0.6) is 23.0 Å². The molecule has 64 heavy (non-hydrogen) atoms. The van der Waals surface area contributed by atoms with Crippen LogP contribution in [0.15, 0.2) is 24.3 Å². The Morgan fingerprint density at radius 2 is 1.48 bits per heavy atom. The Labute approximate surface area is 390 Å². The fourth-order valence-electron chi connectivity index (χ4n) is 14.6. The van der Waals surface area contributed by atoms with E-state index in [9.17, 15) is 0 Å². The lowest BCUT2D eigenvalue weighted by Gasteiger charge is -2.57. The lowest BCUT2D eigenvalue weighted by molar-refractivity contribution is -0.135. The summed E-state index contributed by atoms with van der Waals surface area (Å²) >= 11 is 0. The first-order valence-electron chi connectivity index (χ1n) is 26.3. The zero-order chi connectivity index (χ0) is 46.0. The highest BCUT2D eigenvalue weighted by Gasteiger charge is 2.66. The van der Waals surface area contributed by atoms with Crippen LogP contribution in [0.2, 0.25) is 0 Å². The van der Waals surface area contributed by atoms with Gasteiger partial charge in [0, 0.05) is 35.1 Å². The number of unbranched alkanes of at least 4 members (excludes halogenated alkanes) is 1. The van der Waals surface area contributed by atoms with Crippen molar-refractivity contribution in [3.05, 3.63) is 46.5 Å². The molecule has 0 saturated heterocycles.